The molecule has 0 fully saturated rings. The Morgan fingerprint density at radius 2 is 1.64 bits per heavy atom. The molecule has 0 aliphatic heterocycles. The van der Waals surface area contributed by atoms with Crippen molar-refractivity contribution in [3.63, 3.8) is 0 Å². The van der Waals surface area contributed by atoms with E-state index in [0.717, 1.165) is 9.13 Å². The first kappa shape index (κ1) is 26.8. The van der Waals surface area contributed by atoms with Gasteiger partial charge in [-0.3, -0.25) is 9.59 Å². The van der Waals surface area contributed by atoms with Crippen LogP contribution in [0.1, 0.15) is 21.5 Å². The summed E-state index contributed by atoms with van der Waals surface area (Å²) in [5.41, 5.74) is 4.48. The zero-order valence-corrected chi connectivity index (χ0v) is 22.2. The highest BCUT2D eigenvalue weighted by atomic mass is 127. The van der Waals surface area contributed by atoms with Crippen molar-refractivity contribution in [3.8, 4) is 23.0 Å². The van der Waals surface area contributed by atoms with E-state index >= 15 is 0 Å². The predicted molar refractivity (Wildman–Crippen MR) is 144 cm³/mol. The van der Waals surface area contributed by atoms with Gasteiger partial charge in [0.25, 0.3) is 11.8 Å². The minimum atomic E-state index is -0.482. The Bertz CT molecular complexity index is 1230. The largest absolute Gasteiger partial charge is 0.493 e. The molecule has 0 spiro atoms. The second-order valence-corrected chi connectivity index (χ2v) is 8.52. The maximum Gasteiger partial charge on any atom is 0.259 e. The molecule has 0 heterocycles. The Labute approximate surface area is 222 Å². The number of rotatable bonds is 11. The fourth-order valence-corrected chi connectivity index (χ4v) is 3.92. The van der Waals surface area contributed by atoms with Gasteiger partial charge in [-0.2, -0.15) is 5.10 Å². The van der Waals surface area contributed by atoms with Gasteiger partial charge in [-0.25, -0.2) is 5.43 Å². The lowest BCUT2D eigenvalue weighted by molar-refractivity contribution is -0.120. The summed E-state index contributed by atoms with van der Waals surface area (Å²) in [6, 6.07) is 18.2. The van der Waals surface area contributed by atoms with Crippen LogP contribution in [0.2, 0.25) is 0 Å². The van der Waals surface area contributed by atoms with E-state index in [1.54, 1.807) is 25.3 Å². The van der Waals surface area contributed by atoms with Crippen LogP contribution >= 0.6 is 22.6 Å². The molecule has 3 rings (SSSR count). The van der Waals surface area contributed by atoms with E-state index in [4.69, 9.17) is 18.9 Å². The molecular weight excluding hydrogens is 577 g/mol. The molecule has 10 heteroatoms. The van der Waals surface area contributed by atoms with Crippen molar-refractivity contribution in [1.82, 2.24) is 10.7 Å². The van der Waals surface area contributed by atoms with Gasteiger partial charge in [0.15, 0.2) is 23.0 Å². The van der Waals surface area contributed by atoms with Gasteiger partial charge in [-0.15, -0.1) is 0 Å². The Hall–Kier alpha value is -3.80. The number of methoxy groups -OCH3 is 3. The highest BCUT2D eigenvalue weighted by Gasteiger charge is 2.13. The van der Waals surface area contributed by atoms with Gasteiger partial charge in [-0.05, 0) is 64.0 Å². The molecule has 0 bridgehead atoms. The van der Waals surface area contributed by atoms with Crippen LogP contribution in [0.25, 0.3) is 0 Å². The fraction of sp³-hybridized carbons (Fsp3) is 0.192. The third-order valence-electron chi connectivity index (χ3n) is 4.94. The van der Waals surface area contributed by atoms with Crippen LogP contribution < -0.4 is 29.7 Å². The summed E-state index contributed by atoms with van der Waals surface area (Å²) >= 11 is 2.16. The lowest BCUT2D eigenvalue weighted by atomic mass is 10.2. The molecule has 0 saturated heterocycles. The molecule has 3 aromatic carbocycles. The van der Waals surface area contributed by atoms with E-state index in [1.807, 2.05) is 36.4 Å². The van der Waals surface area contributed by atoms with Gasteiger partial charge in [0.1, 0.15) is 6.61 Å². The average molecular weight is 603 g/mol. The van der Waals surface area contributed by atoms with Gasteiger partial charge >= 0.3 is 0 Å². The van der Waals surface area contributed by atoms with E-state index in [0.29, 0.717) is 40.7 Å². The Morgan fingerprint density at radius 1 is 0.917 bits per heavy atom. The first-order chi connectivity index (χ1) is 17.4. The standard InChI is InChI=1S/C26H26IN3O6/c1-33-21-10-9-19(13-22(21)34-2)26(32)28-15-24(31)30-29-14-18-11-20(27)25(23(12-18)35-3)36-16-17-7-5-4-6-8-17/h4-14H,15-16H2,1-3H3,(H,28,32)(H,30,31)/b29-14+. The molecule has 3 aromatic rings. The zero-order valence-electron chi connectivity index (χ0n) is 20.0. The summed E-state index contributed by atoms with van der Waals surface area (Å²) < 4.78 is 22.6. The number of amides is 2. The van der Waals surface area contributed by atoms with E-state index in [2.05, 4.69) is 38.4 Å². The van der Waals surface area contributed by atoms with Gasteiger partial charge in [0, 0.05) is 5.56 Å². The quantitative estimate of drug-likeness (QED) is 0.196. The topological polar surface area (TPSA) is 107 Å². The van der Waals surface area contributed by atoms with Crippen molar-refractivity contribution in [1.29, 1.82) is 0 Å². The minimum Gasteiger partial charge on any atom is -0.493 e. The highest BCUT2D eigenvalue weighted by Crippen LogP contribution is 2.34. The third-order valence-corrected chi connectivity index (χ3v) is 5.74. The molecule has 0 unspecified atom stereocenters. The summed E-state index contributed by atoms with van der Waals surface area (Å²) in [6.45, 7) is 0.156. The molecular formula is C26H26IN3O6. The molecule has 2 N–H and O–H groups in total. The fourth-order valence-electron chi connectivity index (χ4n) is 3.14. The van der Waals surface area contributed by atoms with Crippen molar-refractivity contribution < 1.29 is 28.5 Å². The SMILES string of the molecule is COc1ccc(C(=O)NCC(=O)N/N=C/c2cc(I)c(OCc3ccccc3)c(OC)c2)cc1OC. The predicted octanol–water partition coefficient (Wildman–Crippen LogP) is 3.78. The Morgan fingerprint density at radius 3 is 2.33 bits per heavy atom. The van der Waals surface area contributed by atoms with Crippen LogP contribution in [0, 0.1) is 3.57 Å². The van der Waals surface area contributed by atoms with Crippen molar-refractivity contribution in [2.24, 2.45) is 5.10 Å². The van der Waals surface area contributed by atoms with Crippen LogP contribution in [-0.2, 0) is 11.4 Å². The Balaban J connectivity index is 1.55. The van der Waals surface area contributed by atoms with Crippen LogP contribution in [0.5, 0.6) is 23.0 Å². The first-order valence-electron chi connectivity index (χ1n) is 10.8. The van der Waals surface area contributed by atoms with Crippen molar-refractivity contribution in [3.05, 3.63) is 80.9 Å². The number of hydrogen-bond acceptors (Lipinski definition) is 7. The molecule has 36 heavy (non-hydrogen) atoms. The Kier molecular flexibility index (Phi) is 9.92. The van der Waals surface area contributed by atoms with Crippen LogP contribution in [0.3, 0.4) is 0 Å². The number of ether oxygens (including phenoxy) is 4. The van der Waals surface area contributed by atoms with Gasteiger partial charge in [-0.1, -0.05) is 30.3 Å². The number of nitrogens with zero attached hydrogens (tertiary/aromatic N) is 1. The van der Waals surface area contributed by atoms with Crippen LogP contribution in [-0.4, -0.2) is 45.9 Å². The van der Waals surface area contributed by atoms with Crippen molar-refractivity contribution >= 4 is 40.6 Å². The van der Waals surface area contributed by atoms with E-state index in [-0.39, 0.29) is 6.54 Å². The van der Waals surface area contributed by atoms with Crippen molar-refractivity contribution in [2.45, 2.75) is 6.61 Å². The number of halogens is 1. The van der Waals surface area contributed by atoms with Crippen molar-refractivity contribution in [2.75, 3.05) is 27.9 Å². The molecule has 0 radical (unpaired) electrons. The first-order valence-corrected chi connectivity index (χ1v) is 11.9. The zero-order chi connectivity index (χ0) is 25.9. The van der Waals surface area contributed by atoms with Gasteiger partial charge in [0.2, 0.25) is 0 Å². The molecule has 0 aromatic heterocycles. The highest BCUT2D eigenvalue weighted by molar-refractivity contribution is 14.1. The summed E-state index contributed by atoms with van der Waals surface area (Å²) in [6.07, 6.45) is 1.49. The normalized spacial score (nSPS) is 10.6. The number of nitrogens with one attached hydrogen (secondary N) is 2. The van der Waals surface area contributed by atoms with E-state index in [9.17, 15) is 9.59 Å². The maximum atomic E-state index is 12.3. The monoisotopic (exact) mass is 603 g/mol. The van der Waals surface area contributed by atoms with E-state index < -0.39 is 11.8 Å². The van der Waals surface area contributed by atoms with Crippen LogP contribution in [0.4, 0.5) is 0 Å². The number of carbonyl (C=O) groups excluding carboxylic acids is 2. The summed E-state index contributed by atoms with van der Waals surface area (Å²) in [5.74, 6) is 1.18. The summed E-state index contributed by atoms with van der Waals surface area (Å²) in [5, 5.41) is 6.51. The lowest BCUT2D eigenvalue weighted by Gasteiger charge is -2.13. The minimum absolute atomic E-state index is 0.252. The lowest BCUT2D eigenvalue weighted by Crippen LogP contribution is -2.34. The van der Waals surface area contributed by atoms with E-state index in [1.165, 1.54) is 26.5 Å². The molecule has 0 aliphatic carbocycles. The van der Waals surface area contributed by atoms with Crippen LogP contribution in [0.15, 0.2) is 65.8 Å². The number of benzene rings is 3. The number of hydrogen-bond donors (Lipinski definition) is 2. The number of carbonyl (C=O) groups is 2. The molecule has 0 aliphatic rings. The smallest absolute Gasteiger partial charge is 0.259 e. The summed E-state index contributed by atoms with van der Waals surface area (Å²) in [7, 11) is 4.55. The van der Waals surface area contributed by atoms with Gasteiger partial charge in [0.05, 0.1) is 37.7 Å². The van der Waals surface area contributed by atoms with Gasteiger partial charge < -0.3 is 24.3 Å². The molecule has 0 saturated carbocycles. The average Bonchev–Trinajstić information content (AvgIpc) is 2.90. The molecule has 188 valence electrons. The molecule has 2 amide bonds. The number of hydrazone groups is 1. The molecule has 0 atom stereocenters. The molecule has 9 nitrogen and oxygen atoms in total. The maximum absolute atomic E-state index is 12.3. The summed E-state index contributed by atoms with van der Waals surface area (Å²) in [4.78, 5) is 24.5. The second-order valence-electron chi connectivity index (χ2n) is 7.35. The third kappa shape index (κ3) is 7.35. The second kappa shape index (κ2) is 13.3.